The van der Waals surface area contributed by atoms with Gasteiger partial charge in [-0.05, 0) is 67.2 Å². The van der Waals surface area contributed by atoms with Crippen molar-refractivity contribution >= 4 is 68.4 Å². The zero-order valence-electron chi connectivity index (χ0n) is 18.0. The highest BCUT2D eigenvalue weighted by atomic mass is 35.5. The van der Waals surface area contributed by atoms with Gasteiger partial charge in [0, 0.05) is 16.3 Å². The van der Waals surface area contributed by atoms with Crippen LogP contribution in [0.1, 0.15) is 17.3 Å². The van der Waals surface area contributed by atoms with Gasteiger partial charge in [0.1, 0.15) is 5.00 Å². The maximum absolute atomic E-state index is 12.5. The first-order valence-corrected chi connectivity index (χ1v) is 11.9. The van der Waals surface area contributed by atoms with Crippen LogP contribution in [0.3, 0.4) is 0 Å². The van der Waals surface area contributed by atoms with Gasteiger partial charge in [0.05, 0.1) is 12.2 Å². The molecule has 2 heterocycles. The molecule has 0 aliphatic rings. The number of thiocarbonyl (C=S) groups is 1. The molecule has 0 spiro atoms. The quantitative estimate of drug-likeness (QED) is 0.190. The summed E-state index contributed by atoms with van der Waals surface area (Å²) < 4.78 is 5.23. The number of aromatic nitrogens is 2. The summed E-state index contributed by atoms with van der Waals surface area (Å²) >= 11 is 12.7. The second-order valence-corrected chi connectivity index (χ2v) is 8.81. The lowest BCUT2D eigenvalue weighted by molar-refractivity contribution is 0.0528. The summed E-state index contributed by atoms with van der Waals surface area (Å²) in [5.74, 6) is 0.188. The van der Waals surface area contributed by atoms with Gasteiger partial charge in [-0.3, -0.25) is 0 Å². The van der Waals surface area contributed by atoms with E-state index in [0.717, 1.165) is 21.8 Å². The number of esters is 1. The van der Waals surface area contributed by atoms with Crippen LogP contribution in [0.25, 0.3) is 10.4 Å². The molecule has 7 nitrogen and oxygen atoms in total. The van der Waals surface area contributed by atoms with Crippen molar-refractivity contribution in [3.63, 3.8) is 0 Å². The predicted octanol–water partition coefficient (Wildman–Crippen LogP) is 6.59. The molecule has 4 aromatic rings. The molecule has 0 fully saturated rings. The normalized spacial score (nSPS) is 10.4. The predicted molar refractivity (Wildman–Crippen MR) is 142 cm³/mol. The van der Waals surface area contributed by atoms with E-state index in [1.807, 2.05) is 60.7 Å². The van der Waals surface area contributed by atoms with Crippen molar-refractivity contribution in [1.82, 2.24) is 10.2 Å². The average Bonchev–Trinajstić information content (AvgIpc) is 3.26. The molecule has 0 aliphatic heterocycles. The molecule has 0 aliphatic carbocycles. The number of halogens is 1. The van der Waals surface area contributed by atoms with Crippen LogP contribution in [0, 0.1) is 0 Å². The monoisotopic (exact) mass is 509 g/mol. The molecule has 0 amide bonds. The van der Waals surface area contributed by atoms with Gasteiger partial charge in [-0.2, -0.15) is 0 Å². The van der Waals surface area contributed by atoms with Gasteiger partial charge in [0.2, 0.25) is 0 Å². The van der Waals surface area contributed by atoms with Gasteiger partial charge in [-0.15, -0.1) is 21.5 Å². The van der Waals surface area contributed by atoms with Gasteiger partial charge in [-0.25, -0.2) is 4.79 Å². The second kappa shape index (κ2) is 11.1. The van der Waals surface area contributed by atoms with Crippen molar-refractivity contribution in [2.45, 2.75) is 6.92 Å². The molecule has 4 rings (SSSR count). The van der Waals surface area contributed by atoms with Gasteiger partial charge in [0.15, 0.2) is 16.1 Å². The van der Waals surface area contributed by atoms with Crippen molar-refractivity contribution in [2.75, 3.05) is 22.6 Å². The smallest absolute Gasteiger partial charge is 0.341 e. The third-order valence-electron chi connectivity index (χ3n) is 4.56. The fourth-order valence-electron chi connectivity index (χ4n) is 3.02. The molecule has 3 N–H and O–H groups in total. The van der Waals surface area contributed by atoms with Crippen LogP contribution in [-0.4, -0.2) is 27.9 Å². The Hall–Kier alpha value is -3.53. The zero-order chi connectivity index (χ0) is 23.9. The van der Waals surface area contributed by atoms with Crippen LogP contribution in [0.2, 0.25) is 5.15 Å². The molecule has 0 saturated heterocycles. The van der Waals surface area contributed by atoms with E-state index in [0.29, 0.717) is 33.3 Å². The first-order chi connectivity index (χ1) is 16.5. The Morgan fingerprint density at radius 1 is 1.00 bits per heavy atom. The first-order valence-electron chi connectivity index (χ1n) is 10.3. The number of carbonyl (C=O) groups is 1. The Bertz CT molecular complexity index is 1280. The summed E-state index contributed by atoms with van der Waals surface area (Å²) in [4.78, 5) is 13.5. The van der Waals surface area contributed by atoms with Crippen molar-refractivity contribution in [3.05, 3.63) is 83.5 Å². The van der Waals surface area contributed by atoms with Crippen molar-refractivity contribution < 1.29 is 9.53 Å². The molecule has 2 aromatic heterocycles. The fourth-order valence-corrected chi connectivity index (χ4v) is 4.46. The molecule has 2 aromatic carbocycles. The third kappa shape index (κ3) is 6.07. The lowest BCUT2D eigenvalue weighted by Gasteiger charge is -2.11. The van der Waals surface area contributed by atoms with Gasteiger partial charge in [0.25, 0.3) is 0 Å². The van der Waals surface area contributed by atoms with Crippen LogP contribution in [0.5, 0.6) is 0 Å². The standard InChI is InChI=1S/C24H20ClN5O2S2/c1-2-32-23(31)18-14-19(15-6-4-3-5-7-15)34-22(18)28-24(33)27-17-10-8-16(9-11-17)26-21-13-12-20(25)29-30-21/h3-14H,2H2,1H3,(H,26,30)(H2,27,28,33). The number of ether oxygens (including phenoxy) is 1. The average molecular weight is 510 g/mol. The van der Waals surface area contributed by atoms with Crippen LogP contribution in [0.15, 0.2) is 72.8 Å². The molecule has 0 saturated carbocycles. The molecule has 0 bridgehead atoms. The number of benzene rings is 2. The van der Waals surface area contributed by atoms with E-state index >= 15 is 0 Å². The largest absolute Gasteiger partial charge is 0.462 e. The highest BCUT2D eigenvalue weighted by Gasteiger charge is 2.19. The molecule has 172 valence electrons. The second-order valence-electron chi connectivity index (χ2n) is 6.96. The minimum Gasteiger partial charge on any atom is -0.462 e. The Morgan fingerprint density at radius 2 is 1.74 bits per heavy atom. The minimum absolute atomic E-state index is 0.291. The number of hydrogen-bond acceptors (Lipinski definition) is 7. The lowest BCUT2D eigenvalue weighted by Crippen LogP contribution is -2.20. The van der Waals surface area contributed by atoms with Crippen LogP contribution in [0.4, 0.5) is 22.2 Å². The Balaban J connectivity index is 1.45. The first kappa shape index (κ1) is 23.6. The number of hydrogen-bond donors (Lipinski definition) is 3. The number of nitrogens with one attached hydrogen (secondary N) is 3. The zero-order valence-corrected chi connectivity index (χ0v) is 20.4. The van der Waals surface area contributed by atoms with E-state index < -0.39 is 5.97 Å². The summed E-state index contributed by atoms with van der Waals surface area (Å²) in [6.45, 7) is 2.07. The van der Waals surface area contributed by atoms with E-state index in [9.17, 15) is 4.79 Å². The summed E-state index contributed by atoms with van der Waals surface area (Å²) in [7, 11) is 0. The minimum atomic E-state index is -0.396. The number of thiophene rings is 1. The lowest BCUT2D eigenvalue weighted by atomic mass is 10.1. The molecular formula is C24H20ClN5O2S2. The summed E-state index contributed by atoms with van der Waals surface area (Å²) in [5, 5.41) is 18.5. The summed E-state index contributed by atoms with van der Waals surface area (Å²) in [6, 6.07) is 22.6. The number of nitrogens with zero attached hydrogens (tertiary/aromatic N) is 2. The van der Waals surface area contributed by atoms with E-state index in [-0.39, 0.29) is 0 Å². The van der Waals surface area contributed by atoms with E-state index in [2.05, 4.69) is 26.1 Å². The number of rotatable bonds is 7. The number of anilines is 4. The van der Waals surface area contributed by atoms with Crippen molar-refractivity contribution in [1.29, 1.82) is 0 Å². The number of carbonyl (C=O) groups excluding carboxylic acids is 1. The van der Waals surface area contributed by atoms with Gasteiger partial charge in [-0.1, -0.05) is 41.9 Å². The van der Waals surface area contributed by atoms with Crippen molar-refractivity contribution in [3.8, 4) is 10.4 Å². The summed E-state index contributed by atoms with van der Waals surface area (Å²) in [5.41, 5.74) is 3.07. The van der Waals surface area contributed by atoms with Crippen LogP contribution >= 0.6 is 35.2 Å². The molecule has 0 radical (unpaired) electrons. The molecule has 10 heteroatoms. The fraction of sp³-hybridized carbons (Fsp3) is 0.0833. The van der Waals surface area contributed by atoms with Crippen molar-refractivity contribution in [2.24, 2.45) is 0 Å². The van der Waals surface area contributed by atoms with E-state index in [4.69, 9.17) is 28.6 Å². The van der Waals surface area contributed by atoms with Gasteiger partial charge < -0.3 is 20.7 Å². The van der Waals surface area contributed by atoms with E-state index in [1.165, 1.54) is 11.3 Å². The summed E-state index contributed by atoms with van der Waals surface area (Å²) in [6.07, 6.45) is 0. The Kier molecular flexibility index (Phi) is 7.69. The molecule has 0 atom stereocenters. The maximum Gasteiger partial charge on any atom is 0.341 e. The van der Waals surface area contributed by atoms with Crippen LogP contribution in [-0.2, 0) is 4.74 Å². The van der Waals surface area contributed by atoms with Crippen LogP contribution < -0.4 is 16.0 Å². The highest BCUT2D eigenvalue weighted by molar-refractivity contribution is 7.80. The Morgan fingerprint density at radius 3 is 2.41 bits per heavy atom. The van der Waals surface area contributed by atoms with E-state index in [1.54, 1.807) is 19.1 Å². The molecule has 34 heavy (non-hydrogen) atoms. The Labute approximate surface area is 211 Å². The van der Waals surface area contributed by atoms with Gasteiger partial charge >= 0.3 is 5.97 Å². The molecular weight excluding hydrogens is 490 g/mol. The maximum atomic E-state index is 12.5. The third-order valence-corrected chi connectivity index (χ3v) is 6.07. The SMILES string of the molecule is CCOC(=O)c1cc(-c2ccccc2)sc1NC(=S)Nc1ccc(Nc2ccc(Cl)nn2)cc1. The highest BCUT2D eigenvalue weighted by Crippen LogP contribution is 2.36. The molecule has 0 unspecified atom stereocenters. The topological polar surface area (TPSA) is 88.2 Å².